The SMILES string of the molecule is COC(C)C(=O)NCC1(CN)CCCCC1. The van der Waals surface area contributed by atoms with Crippen molar-refractivity contribution >= 4 is 5.91 Å². The number of ether oxygens (including phenoxy) is 1. The highest BCUT2D eigenvalue weighted by Crippen LogP contribution is 2.34. The summed E-state index contributed by atoms with van der Waals surface area (Å²) in [6.07, 6.45) is 5.64. The fraction of sp³-hybridized carbons (Fsp3) is 0.917. The van der Waals surface area contributed by atoms with E-state index >= 15 is 0 Å². The summed E-state index contributed by atoms with van der Waals surface area (Å²) in [4.78, 5) is 11.6. The molecule has 0 aromatic heterocycles. The van der Waals surface area contributed by atoms with E-state index in [4.69, 9.17) is 10.5 Å². The molecule has 94 valence electrons. The van der Waals surface area contributed by atoms with Gasteiger partial charge in [0.25, 0.3) is 0 Å². The number of hydrogen-bond acceptors (Lipinski definition) is 3. The number of methoxy groups -OCH3 is 1. The van der Waals surface area contributed by atoms with E-state index in [0.717, 1.165) is 12.8 Å². The molecule has 0 aromatic rings. The zero-order valence-electron chi connectivity index (χ0n) is 10.4. The van der Waals surface area contributed by atoms with E-state index in [-0.39, 0.29) is 17.4 Å². The maximum atomic E-state index is 11.6. The lowest BCUT2D eigenvalue weighted by molar-refractivity contribution is -0.130. The highest BCUT2D eigenvalue weighted by molar-refractivity contribution is 5.80. The highest BCUT2D eigenvalue weighted by Gasteiger charge is 2.31. The smallest absolute Gasteiger partial charge is 0.248 e. The minimum Gasteiger partial charge on any atom is -0.372 e. The molecule has 1 amide bonds. The van der Waals surface area contributed by atoms with Crippen molar-refractivity contribution in [1.82, 2.24) is 5.32 Å². The average Bonchev–Trinajstić information content (AvgIpc) is 2.36. The molecule has 0 heterocycles. The number of nitrogens with one attached hydrogen (secondary N) is 1. The standard InChI is InChI=1S/C12H24N2O2/c1-10(16-2)11(15)14-9-12(8-13)6-4-3-5-7-12/h10H,3-9,13H2,1-2H3,(H,14,15). The molecule has 1 rings (SSSR count). The van der Waals surface area contributed by atoms with Crippen molar-refractivity contribution in [3.05, 3.63) is 0 Å². The van der Waals surface area contributed by atoms with Crippen molar-refractivity contribution in [1.29, 1.82) is 0 Å². The van der Waals surface area contributed by atoms with E-state index in [1.165, 1.54) is 19.3 Å². The van der Waals surface area contributed by atoms with Crippen LogP contribution in [0.4, 0.5) is 0 Å². The third kappa shape index (κ3) is 3.46. The van der Waals surface area contributed by atoms with Gasteiger partial charge in [0.15, 0.2) is 0 Å². The highest BCUT2D eigenvalue weighted by atomic mass is 16.5. The Morgan fingerprint density at radius 2 is 2.06 bits per heavy atom. The van der Waals surface area contributed by atoms with Gasteiger partial charge in [-0.2, -0.15) is 0 Å². The third-order valence-electron chi connectivity index (χ3n) is 3.71. The van der Waals surface area contributed by atoms with Crippen molar-refractivity contribution in [2.45, 2.75) is 45.1 Å². The van der Waals surface area contributed by atoms with Crippen molar-refractivity contribution in [3.63, 3.8) is 0 Å². The molecule has 4 nitrogen and oxygen atoms in total. The van der Waals surface area contributed by atoms with E-state index < -0.39 is 0 Å². The van der Waals surface area contributed by atoms with E-state index in [9.17, 15) is 4.79 Å². The van der Waals surface area contributed by atoms with Crippen LogP contribution in [0.5, 0.6) is 0 Å². The zero-order chi connectivity index (χ0) is 12.0. The first-order valence-electron chi connectivity index (χ1n) is 6.14. The number of nitrogens with two attached hydrogens (primary N) is 1. The third-order valence-corrected chi connectivity index (χ3v) is 3.71. The van der Waals surface area contributed by atoms with Gasteiger partial charge in [0.05, 0.1) is 0 Å². The zero-order valence-corrected chi connectivity index (χ0v) is 10.4. The molecule has 0 aromatic carbocycles. The largest absolute Gasteiger partial charge is 0.372 e. The molecule has 0 saturated heterocycles. The Balaban J connectivity index is 2.41. The molecule has 0 radical (unpaired) electrons. The molecule has 0 aliphatic heterocycles. The molecule has 0 bridgehead atoms. The van der Waals surface area contributed by atoms with Gasteiger partial charge in [-0.05, 0) is 31.7 Å². The lowest BCUT2D eigenvalue weighted by Gasteiger charge is -2.36. The first kappa shape index (κ1) is 13.5. The van der Waals surface area contributed by atoms with Gasteiger partial charge in [0.2, 0.25) is 5.91 Å². The molecule has 4 heteroatoms. The molecule has 3 N–H and O–H groups in total. The molecule has 1 unspecified atom stereocenters. The van der Waals surface area contributed by atoms with Gasteiger partial charge < -0.3 is 15.8 Å². The predicted molar refractivity (Wildman–Crippen MR) is 64.1 cm³/mol. The van der Waals surface area contributed by atoms with Crippen LogP contribution in [-0.4, -0.2) is 32.2 Å². The molecule has 16 heavy (non-hydrogen) atoms. The Morgan fingerprint density at radius 1 is 1.44 bits per heavy atom. The molecule has 1 saturated carbocycles. The van der Waals surface area contributed by atoms with Gasteiger partial charge in [-0.1, -0.05) is 19.3 Å². The summed E-state index contributed by atoms with van der Waals surface area (Å²) in [6.45, 7) is 3.11. The van der Waals surface area contributed by atoms with Crippen LogP contribution in [0, 0.1) is 5.41 Å². The maximum Gasteiger partial charge on any atom is 0.248 e. The topological polar surface area (TPSA) is 64.3 Å². The maximum absolute atomic E-state index is 11.6. The van der Waals surface area contributed by atoms with Crippen LogP contribution in [0.25, 0.3) is 0 Å². The Hall–Kier alpha value is -0.610. The Kier molecular flexibility index (Phi) is 5.22. The lowest BCUT2D eigenvalue weighted by atomic mass is 9.74. The van der Waals surface area contributed by atoms with Gasteiger partial charge in [0.1, 0.15) is 6.10 Å². The average molecular weight is 228 g/mol. The van der Waals surface area contributed by atoms with Crippen LogP contribution < -0.4 is 11.1 Å². The molecular weight excluding hydrogens is 204 g/mol. The van der Waals surface area contributed by atoms with Gasteiger partial charge >= 0.3 is 0 Å². The number of hydrogen-bond donors (Lipinski definition) is 2. The molecule has 1 fully saturated rings. The molecule has 1 aliphatic carbocycles. The van der Waals surface area contributed by atoms with Crippen LogP contribution in [-0.2, 0) is 9.53 Å². The number of carbonyl (C=O) groups is 1. The summed E-state index contributed by atoms with van der Waals surface area (Å²) in [7, 11) is 1.55. The second-order valence-corrected chi connectivity index (χ2v) is 4.86. The predicted octanol–water partition coefficient (Wildman–Crippen LogP) is 1.05. The summed E-state index contributed by atoms with van der Waals surface area (Å²) >= 11 is 0. The van der Waals surface area contributed by atoms with Crippen LogP contribution in [0.3, 0.4) is 0 Å². The molecule has 1 atom stereocenters. The fourth-order valence-corrected chi connectivity index (χ4v) is 2.28. The van der Waals surface area contributed by atoms with Crippen LogP contribution >= 0.6 is 0 Å². The first-order chi connectivity index (χ1) is 7.63. The fourth-order valence-electron chi connectivity index (χ4n) is 2.28. The summed E-state index contributed by atoms with van der Waals surface area (Å²) in [6, 6.07) is 0. The van der Waals surface area contributed by atoms with Crippen molar-refractivity contribution in [2.24, 2.45) is 11.1 Å². The number of amides is 1. The summed E-state index contributed by atoms with van der Waals surface area (Å²) < 4.78 is 4.98. The monoisotopic (exact) mass is 228 g/mol. The van der Waals surface area contributed by atoms with Gasteiger partial charge in [-0.15, -0.1) is 0 Å². The summed E-state index contributed by atoms with van der Waals surface area (Å²) in [5, 5.41) is 2.95. The van der Waals surface area contributed by atoms with Crippen molar-refractivity contribution < 1.29 is 9.53 Å². The van der Waals surface area contributed by atoms with E-state index in [1.807, 2.05) is 0 Å². The van der Waals surface area contributed by atoms with Gasteiger partial charge in [-0.25, -0.2) is 0 Å². The Bertz CT molecular complexity index is 225. The molecule has 0 spiro atoms. The number of carbonyl (C=O) groups excluding carboxylic acids is 1. The van der Waals surface area contributed by atoms with Crippen molar-refractivity contribution in [2.75, 3.05) is 20.2 Å². The van der Waals surface area contributed by atoms with Gasteiger partial charge in [0, 0.05) is 13.7 Å². The minimum atomic E-state index is -0.376. The van der Waals surface area contributed by atoms with Crippen molar-refractivity contribution in [3.8, 4) is 0 Å². The van der Waals surface area contributed by atoms with E-state index in [0.29, 0.717) is 13.1 Å². The Labute approximate surface area is 97.9 Å². The van der Waals surface area contributed by atoms with Gasteiger partial charge in [-0.3, -0.25) is 4.79 Å². The second kappa shape index (κ2) is 6.21. The molecular formula is C12H24N2O2. The normalized spacial score (nSPS) is 21.4. The van der Waals surface area contributed by atoms with Crippen LogP contribution in [0.2, 0.25) is 0 Å². The Morgan fingerprint density at radius 3 is 2.56 bits per heavy atom. The lowest BCUT2D eigenvalue weighted by Crippen LogP contribution is -2.46. The molecule has 1 aliphatic rings. The minimum absolute atomic E-state index is 0.0408. The van der Waals surface area contributed by atoms with E-state index in [1.54, 1.807) is 14.0 Å². The quantitative estimate of drug-likeness (QED) is 0.739. The van der Waals surface area contributed by atoms with E-state index in [2.05, 4.69) is 5.32 Å². The summed E-state index contributed by atoms with van der Waals surface area (Å²) in [5.41, 5.74) is 5.98. The van der Waals surface area contributed by atoms with Crippen LogP contribution in [0.1, 0.15) is 39.0 Å². The van der Waals surface area contributed by atoms with Crippen LogP contribution in [0.15, 0.2) is 0 Å². The summed E-state index contributed by atoms with van der Waals surface area (Å²) in [5.74, 6) is -0.0408. The first-order valence-corrected chi connectivity index (χ1v) is 6.14. The number of rotatable bonds is 5. The second-order valence-electron chi connectivity index (χ2n) is 4.86.